The quantitative estimate of drug-likeness (QED) is 0.638. The molecule has 0 bridgehead atoms. The van der Waals surface area contributed by atoms with Crippen LogP contribution in [0.2, 0.25) is 0 Å². The summed E-state index contributed by atoms with van der Waals surface area (Å²) in [6, 6.07) is 0. The highest BCUT2D eigenvalue weighted by Crippen LogP contribution is 2.31. The first-order chi connectivity index (χ1) is 7.43. The van der Waals surface area contributed by atoms with Gasteiger partial charge in [0, 0.05) is 0 Å². The zero-order valence-corrected chi connectivity index (χ0v) is 11.6. The summed E-state index contributed by atoms with van der Waals surface area (Å²) < 4.78 is 0. The molecule has 0 aromatic carbocycles. The number of hydrogen-bond acceptors (Lipinski definition) is 1. The first-order valence-corrected chi connectivity index (χ1v) is 6.05. The number of rotatable bonds is 7. The molecule has 0 saturated heterocycles. The Morgan fingerprint density at radius 1 is 1.38 bits per heavy atom. The lowest BCUT2D eigenvalue weighted by molar-refractivity contribution is 0.330. The molecule has 1 N–H and O–H groups in total. The average molecular weight is 221 g/mol. The minimum Gasteiger partial charge on any atom is -0.320 e. The smallest absolute Gasteiger partial charge is 0.00467 e. The SMILES string of the molecule is C=C(C)/C(=C\C=C/C)CC(C)(C)CCNC. The molecule has 0 aliphatic rings. The molecule has 0 heterocycles. The fraction of sp³-hybridized carbons (Fsp3) is 0.600. The van der Waals surface area contributed by atoms with Gasteiger partial charge in [-0.3, -0.25) is 0 Å². The highest BCUT2D eigenvalue weighted by Gasteiger charge is 2.19. The summed E-state index contributed by atoms with van der Waals surface area (Å²) in [5.41, 5.74) is 2.87. The van der Waals surface area contributed by atoms with Crippen LogP contribution >= 0.6 is 0 Å². The second-order valence-electron chi connectivity index (χ2n) is 5.19. The molecule has 0 aromatic heterocycles. The van der Waals surface area contributed by atoms with Crippen molar-refractivity contribution in [1.82, 2.24) is 5.32 Å². The zero-order valence-electron chi connectivity index (χ0n) is 11.6. The molecule has 0 unspecified atom stereocenters. The summed E-state index contributed by atoms with van der Waals surface area (Å²) in [5.74, 6) is 0. The molecule has 0 spiro atoms. The van der Waals surface area contributed by atoms with Crippen molar-refractivity contribution in [3.05, 3.63) is 36.0 Å². The van der Waals surface area contributed by atoms with Gasteiger partial charge in [0.05, 0.1) is 0 Å². The standard InChI is InChI=1S/C15H27N/c1-7-8-9-14(13(2)3)12-15(4,5)10-11-16-6/h7-9,16H,2,10-12H2,1,3-6H3/b8-7-,14-9-. The Morgan fingerprint density at radius 2 is 2.00 bits per heavy atom. The molecule has 0 radical (unpaired) electrons. The Bertz CT molecular complexity index is 269. The van der Waals surface area contributed by atoms with Crippen LogP contribution in [-0.2, 0) is 0 Å². The fourth-order valence-electron chi connectivity index (χ4n) is 1.63. The minimum atomic E-state index is 0.329. The van der Waals surface area contributed by atoms with Crippen LogP contribution in [0.4, 0.5) is 0 Å². The summed E-state index contributed by atoms with van der Waals surface area (Å²) in [6.07, 6.45) is 8.61. The maximum atomic E-state index is 4.06. The van der Waals surface area contributed by atoms with Crippen molar-refractivity contribution in [3.63, 3.8) is 0 Å². The Labute approximate surface area is 101 Å². The van der Waals surface area contributed by atoms with E-state index < -0.39 is 0 Å². The number of nitrogens with one attached hydrogen (secondary N) is 1. The van der Waals surface area contributed by atoms with Gasteiger partial charge < -0.3 is 5.32 Å². The maximum Gasteiger partial charge on any atom is -0.00467 e. The molecule has 0 aromatic rings. The van der Waals surface area contributed by atoms with Crippen molar-refractivity contribution in [2.45, 2.75) is 40.5 Å². The predicted molar refractivity (Wildman–Crippen MR) is 74.7 cm³/mol. The van der Waals surface area contributed by atoms with Crippen LogP contribution in [0, 0.1) is 5.41 Å². The van der Waals surface area contributed by atoms with E-state index in [1.807, 2.05) is 14.0 Å². The summed E-state index contributed by atoms with van der Waals surface area (Å²) in [6.45, 7) is 13.9. The molecule has 0 aliphatic heterocycles. The van der Waals surface area contributed by atoms with Gasteiger partial charge in [0.1, 0.15) is 0 Å². The van der Waals surface area contributed by atoms with Gasteiger partial charge >= 0.3 is 0 Å². The number of hydrogen-bond donors (Lipinski definition) is 1. The zero-order chi connectivity index (χ0) is 12.6. The maximum absolute atomic E-state index is 4.06. The van der Waals surface area contributed by atoms with E-state index in [9.17, 15) is 0 Å². The van der Waals surface area contributed by atoms with Crippen LogP contribution in [0.1, 0.15) is 40.5 Å². The van der Waals surface area contributed by atoms with Crippen LogP contribution < -0.4 is 5.32 Å². The van der Waals surface area contributed by atoms with Gasteiger partial charge in [-0.05, 0) is 51.3 Å². The normalized spacial score (nSPS) is 13.4. The molecule has 16 heavy (non-hydrogen) atoms. The molecule has 1 nitrogen and oxygen atoms in total. The van der Waals surface area contributed by atoms with Crippen molar-refractivity contribution in [3.8, 4) is 0 Å². The lowest BCUT2D eigenvalue weighted by atomic mass is 9.81. The molecule has 1 heteroatoms. The molecule has 0 fully saturated rings. The molecular weight excluding hydrogens is 194 g/mol. The van der Waals surface area contributed by atoms with Gasteiger partial charge in [0.15, 0.2) is 0 Å². The third-order valence-electron chi connectivity index (χ3n) is 2.76. The Balaban J connectivity index is 4.55. The third kappa shape index (κ3) is 6.62. The monoisotopic (exact) mass is 221 g/mol. The Hall–Kier alpha value is -0.820. The van der Waals surface area contributed by atoms with E-state index in [4.69, 9.17) is 0 Å². The van der Waals surface area contributed by atoms with E-state index in [1.165, 1.54) is 17.6 Å². The van der Waals surface area contributed by atoms with Crippen LogP contribution in [0.5, 0.6) is 0 Å². The first-order valence-electron chi connectivity index (χ1n) is 6.05. The minimum absolute atomic E-state index is 0.329. The lowest BCUT2D eigenvalue weighted by Crippen LogP contribution is -2.20. The molecule has 0 aliphatic carbocycles. The molecule has 0 saturated carbocycles. The van der Waals surface area contributed by atoms with Crippen molar-refractivity contribution >= 4 is 0 Å². The second-order valence-corrected chi connectivity index (χ2v) is 5.19. The van der Waals surface area contributed by atoms with E-state index in [2.05, 4.69) is 50.9 Å². The van der Waals surface area contributed by atoms with Crippen molar-refractivity contribution < 1.29 is 0 Å². The van der Waals surface area contributed by atoms with Crippen molar-refractivity contribution in [2.75, 3.05) is 13.6 Å². The van der Waals surface area contributed by atoms with Crippen LogP contribution in [0.3, 0.4) is 0 Å². The van der Waals surface area contributed by atoms with Gasteiger partial charge in [-0.1, -0.05) is 44.2 Å². The van der Waals surface area contributed by atoms with E-state index in [0.717, 1.165) is 13.0 Å². The summed E-state index contributed by atoms with van der Waals surface area (Å²) in [4.78, 5) is 0. The highest BCUT2D eigenvalue weighted by atomic mass is 14.8. The fourth-order valence-corrected chi connectivity index (χ4v) is 1.63. The number of allylic oxidation sites excluding steroid dienone is 5. The predicted octanol–water partition coefficient (Wildman–Crippen LogP) is 4.09. The van der Waals surface area contributed by atoms with Gasteiger partial charge in [-0.25, -0.2) is 0 Å². The second kappa shape index (κ2) is 7.45. The molecule has 0 atom stereocenters. The van der Waals surface area contributed by atoms with Crippen LogP contribution in [0.25, 0.3) is 0 Å². The summed E-state index contributed by atoms with van der Waals surface area (Å²) in [7, 11) is 2.01. The topological polar surface area (TPSA) is 12.0 Å². The van der Waals surface area contributed by atoms with E-state index in [1.54, 1.807) is 0 Å². The highest BCUT2D eigenvalue weighted by molar-refractivity contribution is 5.30. The van der Waals surface area contributed by atoms with Gasteiger partial charge in [-0.15, -0.1) is 0 Å². The van der Waals surface area contributed by atoms with E-state index in [0.29, 0.717) is 5.41 Å². The van der Waals surface area contributed by atoms with Gasteiger partial charge in [0.2, 0.25) is 0 Å². The molecule has 0 rings (SSSR count). The molecule has 0 amide bonds. The van der Waals surface area contributed by atoms with Gasteiger partial charge in [-0.2, -0.15) is 0 Å². The van der Waals surface area contributed by atoms with E-state index >= 15 is 0 Å². The van der Waals surface area contributed by atoms with Crippen molar-refractivity contribution in [1.29, 1.82) is 0 Å². The van der Waals surface area contributed by atoms with E-state index in [-0.39, 0.29) is 0 Å². The first kappa shape index (κ1) is 15.2. The Morgan fingerprint density at radius 3 is 2.44 bits per heavy atom. The van der Waals surface area contributed by atoms with Crippen LogP contribution in [-0.4, -0.2) is 13.6 Å². The van der Waals surface area contributed by atoms with Crippen molar-refractivity contribution in [2.24, 2.45) is 5.41 Å². The lowest BCUT2D eigenvalue weighted by Gasteiger charge is -2.26. The van der Waals surface area contributed by atoms with Crippen LogP contribution in [0.15, 0.2) is 36.0 Å². The third-order valence-corrected chi connectivity index (χ3v) is 2.76. The molecule has 92 valence electrons. The van der Waals surface area contributed by atoms with Gasteiger partial charge in [0.25, 0.3) is 0 Å². The largest absolute Gasteiger partial charge is 0.320 e. The average Bonchev–Trinajstić information content (AvgIpc) is 2.21. The molecular formula is C15H27N. The summed E-state index contributed by atoms with van der Waals surface area (Å²) in [5, 5.41) is 3.21. The summed E-state index contributed by atoms with van der Waals surface area (Å²) >= 11 is 0. The Kier molecular flexibility index (Phi) is 7.07.